The highest BCUT2D eigenvalue weighted by molar-refractivity contribution is 5.93. The van der Waals surface area contributed by atoms with Crippen LogP contribution in [0.25, 0.3) is 0 Å². The van der Waals surface area contributed by atoms with Gasteiger partial charge in [-0.15, -0.1) is 0 Å². The van der Waals surface area contributed by atoms with Crippen molar-refractivity contribution in [2.45, 2.75) is 33.6 Å². The third kappa shape index (κ3) is 4.77. The predicted molar refractivity (Wildman–Crippen MR) is 81.4 cm³/mol. The van der Waals surface area contributed by atoms with Crippen LogP contribution in [0.1, 0.15) is 43.4 Å². The summed E-state index contributed by atoms with van der Waals surface area (Å²) in [5.74, 6) is 0.375. The lowest BCUT2D eigenvalue weighted by Gasteiger charge is -2.24. The molecule has 0 saturated carbocycles. The number of carbonyl (C=O) groups is 1. The molecule has 3 N–H and O–H groups in total. The summed E-state index contributed by atoms with van der Waals surface area (Å²) < 4.78 is 1.61. The van der Waals surface area contributed by atoms with Gasteiger partial charge in [0.15, 0.2) is 0 Å². The molecule has 0 atom stereocenters. The van der Waals surface area contributed by atoms with Crippen molar-refractivity contribution < 1.29 is 10.0 Å². The molecule has 1 rings (SSSR count). The average Bonchev–Trinajstić information content (AvgIpc) is 2.83. The Hall–Kier alpha value is -2.05. The summed E-state index contributed by atoms with van der Waals surface area (Å²) in [6.07, 6.45) is 1.13. The average molecular weight is 295 g/mol. The number of hydrogen-bond acceptors (Lipinski definition) is 4. The van der Waals surface area contributed by atoms with E-state index >= 15 is 0 Å². The highest BCUT2D eigenvalue weighted by Gasteiger charge is 2.21. The molecule has 0 bridgehead atoms. The largest absolute Gasteiger partial charge is 0.409 e. The van der Waals surface area contributed by atoms with Crippen molar-refractivity contribution in [2.24, 2.45) is 23.9 Å². The molecule has 0 aliphatic carbocycles. The third-order valence-electron chi connectivity index (χ3n) is 3.15. The molecule has 118 valence electrons. The van der Waals surface area contributed by atoms with E-state index in [0.29, 0.717) is 31.1 Å². The molecule has 0 unspecified atom stereocenters. The molecule has 0 saturated heterocycles. The number of carbonyl (C=O) groups excluding carboxylic acids is 1. The van der Waals surface area contributed by atoms with E-state index in [4.69, 9.17) is 10.9 Å². The van der Waals surface area contributed by atoms with Crippen LogP contribution in [0.3, 0.4) is 0 Å². The summed E-state index contributed by atoms with van der Waals surface area (Å²) in [6, 6.07) is 1.82. The Labute approximate surface area is 125 Å². The second-order valence-corrected chi connectivity index (χ2v) is 5.48. The normalized spacial score (nSPS) is 12.0. The summed E-state index contributed by atoms with van der Waals surface area (Å²) in [4.78, 5) is 14.4. The molecule has 0 aromatic carbocycles. The highest BCUT2D eigenvalue weighted by Crippen LogP contribution is 2.10. The van der Waals surface area contributed by atoms with Gasteiger partial charge >= 0.3 is 0 Å². The molecule has 7 nitrogen and oxygen atoms in total. The van der Waals surface area contributed by atoms with Crippen molar-refractivity contribution in [2.75, 3.05) is 13.1 Å². The van der Waals surface area contributed by atoms with Crippen molar-refractivity contribution in [1.29, 1.82) is 0 Å². The minimum Gasteiger partial charge on any atom is -0.409 e. The van der Waals surface area contributed by atoms with E-state index in [1.54, 1.807) is 16.6 Å². The molecular weight excluding hydrogens is 270 g/mol. The second-order valence-electron chi connectivity index (χ2n) is 5.48. The Bertz CT molecular complexity index is 507. The van der Waals surface area contributed by atoms with Gasteiger partial charge in [-0.1, -0.05) is 25.9 Å². The first kappa shape index (κ1) is 17.0. The zero-order valence-corrected chi connectivity index (χ0v) is 13.2. The Morgan fingerprint density at radius 3 is 2.71 bits per heavy atom. The Morgan fingerprint density at radius 2 is 2.24 bits per heavy atom. The molecule has 0 spiro atoms. The molecule has 1 amide bonds. The Kier molecular flexibility index (Phi) is 6.20. The molecule has 1 aromatic rings. The van der Waals surface area contributed by atoms with E-state index in [9.17, 15) is 4.79 Å². The maximum absolute atomic E-state index is 12.7. The van der Waals surface area contributed by atoms with Gasteiger partial charge in [-0.3, -0.25) is 9.48 Å². The van der Waals surface area contributed by atoms with Crippen molar-refractivity contribution >= 4 is 11.7 Å². The van der Waals surface area contributed by atoms with E-state index < -0.39 is 0 Å². The van der Waals surface area contributed by atoms with Crippen molar-refractivity contribution in [1.82, 2.24) is 14.7 Å². The van der Waals surface area contributed by atoms with E-state index in [1.165, 1.54) is 0 Å². The number of oxime groups is 1. The number of nitrogens with two attached hydrogens (primary N) is 1. The van der Waals surface area contributed by atoms with Crippen LogP contribution in [0.15, 0.2) is 11.2 Å². The summed E-state index contributed by atoms with van der Waals surface area (Å²) in [7, 11) is 1.77. The Morgan fingerprint density at radius 1 is 1.57 bits per heavy atom. The van der Waals surface area contributed by atoms with Crippen LogP contribution in [-0.4, -0.2) is 44.7 Å². The molecule has 0 aliphatic rings. The molecule has 1 heterocycles. The zero-order valence-electron chi connectivity index (χ0n) is 13.2. The first-order valence-electron chi connectivity index (χ1n) is 7.17. The third-order valence-corrected chi connectivity index (χ3v) is 3.15. The summed E-state index contributed by atoms with van der Waals surface area (Å²) in [5.41, 5.74) is 6.94. The number of amidine groups is 1. The monoisotopic (exact) mass is 295 g/mol. The lowest BCUT2D eigenvalue weighted by molar-refractivity contribution is 0.0729. The van der Waals surface area contributed by atoms with Crippen molar-refractivity contribution in [3.63, 3.8) is 0 Å². The van der Waals surface area contributed by atoms with Gasteiger partial charge in [-0.2, -0.15) is 5.10 Å². The van der Waals surface area contributed by atoms with E-state index in [0.717, 1.165) is 12.1 Å². The predicted octanol–water partition coefficient (Wildman–Crippen LogP) is 1.22. The van der Waals surface area contributed by atoms with Crippen LogP contribution in [0.2, 0.25) is 0 Å². The molecule has 1 aromatic heterocycles. The van der Waals surface area contributed by atoms with Crippen LogP contribution in [0, 0.1) is 5.92 Å². The van der Waals surface area contributed by atoms with E-state index in [2.05, 4.69) is 10.3 Å². The number of amides is 1. The number of aromatic nitrogens is 2. The zero-order chi connectivity index (χ0) is 16.0. The fourth-order valence-electron chi connectivity index (χ4n) is 2.08. The number of nitrogens with zero attached hydrogens (tertiary/aromatic N) is 4. The minimum atomic E-state index is -0.0795. The maximum Gasteiger partial charge on any atom is 0.272 e. The molecular formula is C14H25N5O2. The maximum atomic E-state index is 12.7. The SMILES string of the molecule is CCc1cc(C(=O)N(CCC(N)=NO)CC(C)C)n(C)n1. The van der Waals surface area contributed by atoms with Gasteiger partial charge in [0.25, 0.3) is 5.91 Å². The fourth-order valence-corrected chi connectivity index (χ4v) is 2.08. The molecule has 0 aliphatic heterocycles. The summed E-state index contributed by atoms with van der Waals surface area (Å²) >= 11 is 0. The van der Waals surface area contributed by atoms with Gasteiger partial charge in [0.2, 0.25) is 0 Å². The lowest BCUT2D eigenvalue weighted by atomic mass is 10.2. The van der Waals surface area contributed by atoms with E-state index in [1.807, 2.05) is 26.8 Å². The first-order valence-corrected chi connectivity index (χ1v) is 7.17. The van der Waals surface area contributed by atoms with Crippen LogP contribution < -0.4 is 5.73 Å². The summed E-state index contributed by atoms with van der Waals surface area (Å²) in [6.45, 7) is 7.12. The lowest BCUT2D eigenvalue weighted by Crippen LogP contribution is -2.37. The van der Waals surface area contributed by atoms with Gasteiger partial charge in [0, 0.05) is 26.6 Å². The van der Waals surface area contributed by atoms with Crippen molar-refractivity contribution in [3.05, 3.63) is 17.5 Å². The molecule has 0 fully saturated rings. The van der Waals surface area contributed by atoms with Crippen LogP contribution in [-0.2, 0) is 13.5 Å². The highest BCUT2D eigenvalue weighted by atomic mass is 16.4. The van der Waals surface area contributed by atoms with Crippen LogP contribution in [0.5, 0.6) is 0 Å². The summed E-state index contributed by atoms with van der Waals surface area (Å²) in [5, 5.41) is 15.9. The number of hydrogen-bond donors (Lipinski definition) is 2. The quantitative estimate of drug-likeness (QED) is 0.342. The van der Waals surface area contributed by atoms with Gasteiger partial charge in [-0.05, 0) is 18.4 Å². The topological polar surface area (TPSA) is 96.7 Å². The standard InChI is InChI=1S/C14H25N5O2/c1-5-11-8-12(18(4)16-11)14(20)19(9-10(2)3)7-6-13(15)17-21/h8,10,21H,5-7,9H2,1-4H3,(H2,15,17). The second kappa shape index (κ2) is 7.66. The van der Waals surface area contributed by atoms with Crippen molar-refractivity contribution in [3.8, 4) is 0 Å². The minimum absolute atomic E-state index is 0.0795. The fraction of sp³-hybridized carbons (Fsp3) is 0.643. The number of rotatable bonds is 7. The van der Waals surface area contributed by atoms with Crippen LogP contribution >= 0.6 is 0 Å². The molecule has 21 heavy (non-hydrogen) atoms. The number of aryl methyl sites for hydroxylation is 2. The van der Waals surface area contributed by atoms with Gasteiger partial charge in [-0.25, -0.2) is 0 Å². The first-order chi connectivity index (χ1) is 9.88. The molecule has 0 radical (unpaired) electrons. The Balaban J connectivity index is 2.90. The van der Waals surface area contributed by atoms with Gasteiger partial charge < -0.3 is 15.8 Å². The smallest absolute Gasteiger partial charge is 0.272 e. The van der Waals surface area contributed by atoms with Crippen LogP contribution in [0.4, 0.5) is 0 Å². The van der Waals surface area contributed by atoms with Gasteiger partial charge in [0.1, 0.15) is 11.5 Å². The van der Waals surface area contributed by atoms with Gasteiger partial charge in [0.05, 0.1) is 5.69 Å². The molecule has 7 heteroatoms. The van der Waals surface area contributed by atoms with E-state index in [-0.39, 0.29) is 11.7 Å².